The Labute approximate surface area is 152 Å². The van der Waals surface area contributed by atoms with Gasteiger partial charge in [0, 0.05) is 18.3 Å². The minimum atomic E-state index is 0.255. The molecule has 0 atom stereocenters. The van der Waals surface area contributed by atoms with Gasteiger partial charge in [-0.2, -0.15) is 0 Å². The number of ketones is 1. The number of hydrogen-bond acceptors (Lipinski definition) is 3. The summed E-state index contributed by atoms with van der Waals surface area (Å²) in [6.07, 6.45) is 13.1. The van der Waals surface area contributed by atoms with Gasteiger partial charge in [-0.25, -0.2) is 9.97 Å². The van der Waals surface area contributed by atoms with E-state index in [1.54, 1.807) is 38.8 Å². The SMILES string of the molecule is CCC(C)=O.CCC1CCC2(CC1)CC2.Cc1cnc(Cl)nc1C. The number of nitrogens with zero attached hydrogens (tertiary/aromatic N) is 2. The van der Waals surface area contributed by atoms with E-state index < -0.39 is 0 Å². The van der Waals surface area contributed by atoms with Crippen LogP contribution in [0, 0.1) is 25.2 Å². The van der Waals surface area contributed by atoms with Crippen LogP contribution >= 0.6 is 11.6 Å². The maximum Gasteiger partial charge on any atom is 0.222 e. The van der Waals surface area contributed by atoms with Crippen molar-refractivity contribution in [3.05, 3.63) is 22.7 Å². The van der Waals surface area contributed by atoms with Crippen molar-refractivity contribution in [1.82, 2.24) is 9.97 Å². The van der Waals surface area contributed by atoms with Gasteiger partial charge in [0.15, 0.2) is 0 Å². The lowest BCUT2D eigenvalue weighted by atomic mass is 9.79. The first-order valence-electron chi connectivity index (χ1n) is 9.27. The molecule has 3 rings (SSSR count). The first-order valence-corrected chi connectivity index (χ1v) is 9.65. The third-order valence-corrected chi connectivity index (χ3v) is 5.58. The number of Topliss-reactive ketones (excluding diaryl/α,β-unsaturated/α-hetero) is 1. The zero-order chi connectivity index (χ0) is 18.2. The molecule has 24 heavy (non-hydrogen) atoms. The molecule has 0 amide bonds. The quantitative estimate of drug-likeness (QED) is 0.604. The van der Waals surface area contributed by atoms with Crippen molar-refractivity contribution in [2.24, 2.45) is 11.3 Å². The average molecular weight is 353 g/mol. The molecule has 3 nitrogen and oxygen atoms in total. The Morgan fingerprint density at radius 1 is 1.21 bits per heavy atom. The monoisotopic (exact) mass is 352 g/mol. The van der Waals surface area contributed by atoms with Gasteiger partial charge in [0.05, 0.1) is 0 Å². The average Bonchev–Trinajstić information content (AvgIpc) is 3.32. The fraction of sp³-hybridized carbons (Fsp3) is 0.750. The van der Waals surface area contributed by atoms with Gasteiger partial charge >= 0.3 is 0 Å². The van der Waals surface area contributed by atoms with Gasteiger partial charge in [0.2, 0.25) is 5.28 Å². The minimum Gasteiger partial charge on any atom is -0.300 e. The minimum absolute atomic E-state index is 0.255. The molecular formula is C20H33ClN2O. The topological polar surface area (TPSA) is 42.9 Å². The van der Waals surface area contributed by atoms with Gasteiger partial charge in [-0.05, 0) is 87.8 Å². The normalized spacial score (nSPS) is 18.1. The van der Waals surface area contributed by atoms with Gasteiger partial charge in [0.25, 0.3) is 0 Å². The number of rotatable bonds is 2. The van der Waals surface area contributed by atoms with Crippen LogP contribution in [-0.4, -0.2) is 15.8 Å². The predicted molar refractivity (Wildman–Crippen MR) is 101 cm³/mol. The van der Waals surface area contributed by atoms with Crippen LogP contribution in [0.1, 0.15) is 83.4 Å². The summed E-state index contributed by atoms with van der Waals surface area (Å²) in [4.78, 5) is 17.5. The molecule has 0 unspecified atom stereocenters. The molecule has 136 valence electrons. The molecular weight excluding hydrogens is 320 g/mol. The van der Waals surface area contributed by atoms with Crippen molar-refractivity contribution in [2.45, 2.75) is 86.0 Å². The fourth-order valence-electron chi connectivity index (χ4n) is 2.87. The second-order valence-electron chi connectivity index (χ2n) is 7.31. The van der Waals surface area contributed by atoms with E-state index in [1.807, 2.05) is 20.8 Å². The lowest BCUT2D eigenvalue weighted by Crippen LogP contribution is -2.14. The molecule has 2 fully saturated rings. The first kappa shape index (κ1) is 21.1. The van der Waals surface area contributed by atoms with Crippen LogP contribution in [0.5, 0.6) is 0 Å². The molecule has 1 aromatic heterocycles. The van der Waals surface area contributed by atoms with E-state index in [-0.39, 0.29) is 5.78 Å². The lowest BCUT2D eigenvalue weighted by molar-refractivity contribution is -0.116. The molecule has 0 bridgehead atoms. The highest BCUT2D eigenvalue weighted by Crippen LogP contribution is 2.57. The second-order valence-corrected chi connectivity index (χ2v) is 7.65. The first-order chi connectivity index (χ1) is 11.3. The summed E-state index contributed by atoms with van der Waals surface area (Å²) in [5.41, 5.74) is 2.92. The van der Waals surface area contributed by atoms with Crippen LogP contribution in [-0.2, 0) is 4.79 Å². The number of carbonyl (C=O) groups excluding carboxylic acids is 1. The Morgan fingerprint density at radius 2 is 1.75 bits per heavy atom. The van der Waals surface area contributed by atoms with Crippen LogP contribution in [0.4, 0.5) is 0 Å². The summed E-state index contributed by atoms with van der Waals surface area (Å²) < 4.78 is 0. The maximum absolute atomic E-state index is 9.81. The van der Waals surface area contributed by atoms with Gasteiger partial charge in [-0.15, -0.1) is 0 Å². The molecule has 2 aliphatic rings. The van der Waals surface area contributed by atoms with Crippen molar-refractivity contribution in [3.63, 3.8) is 0 Å². The van der Waals surface area contributed by atoms with Crippen molar-refractivity contribution in [2.75, 3.05) is 0 Å². The summed E-state index contributed by atoms with van der Waals surface area (Å²) in [5, 5.41) is 0.318. The van der Waals surface area contributed by atoms with Crippen molar-refractivity contribution in [1.29, 1.82) is 0 Å². The summed E-state index contributed by atoms with van der Waals surface area (Å²) in [7, 11) is 0. The highest BCUT2D eigenvalue weighted by molar-refractivity contribution is 6.28. The largest absolute Gasteiger partial charge is 0.300 e. The molecule has 0 radical (unpaired) electrons. The van der Waals surface area contributed by atoms with Crippen LogP contribution in [0.15, 0.2) is 6.20 Å². The molecule has 2 aliphatic carbocycles. The lowest BCUT2D eigenvalue weighted by Gasteiger charge is -2.27. The highest BCUT2D eigenvalue weighted by atomic mass is 35.5. The summed E-state index contributed by atoms with van der Waals surface area (Å²) >= 11 is 5.49. The van der Waals surface area contributed by atoms with Gasteiger partial charge in [-0.1, -0.05) is 20.3 Å². The van der Waals surface area contributed by atoms with E-state index in [4.69, 9.17) is 11.6 Å². The van der Waals surface area contributed by atoms with Crippen LogP contribution < -0.4 is 0 Å². The Kier molecular flexibility index (Phi) is 8.90. The summed E-state index contributed by atoms with van der Waals surface area (Å²) in [6.45, 7) is 9.63. The zero-order valence-electron chi connectivity index (χ0n) is 16.0. The van der Waals surface area contributed by atoms with Gasteiger partial charge < -0.3 is 4.79 Å². The van der Waals surface area contributed by atoms with E-state index in [9.17, 15) is 4.79 Å². The van der Waals surface area contributed by atoms with Crippen molar-refractivity contribution >= 4 is 17.4 Å². The number of aromatic nitrogens is 2. The number of hydrogen-bond donors (Lipinski definition) is 0. The molecule has 1 heterocycles. The number of aryl methyl sites for hydroxylation is 2. The smallest absolute Gasteiger partial charge is 0.222 e. The molecule has 1 spiro atoms. The van der Waals surface area contributed by atoms with E-state index in [1.165, 1.54) is 19.3 Å². The second kappa shape index (κ2) is 10.1. The van der Waals surface area contributed by atoms with E-state index in [2.05, 4.69) is 16.9 Å². The Morgan fingerprint density at radius 3 is 2.08 bits per heavy atom. The van der Waals surface area contributed by atoms with Crippen LogP contribution in [0.3, 0.4) is 0 Å². The van der Waals surface area contributed by atoms with E-state index in [0.717, 1.165) is 22.6 Å². The zero-order valence-corrected chi connectivity index (χ0v) is 16.7. The third kappa shape index (κ3) is 7.74. The van der Waals surface area contributed by atoms with Crippen LogP contribution in [0.2, 0.25) is 5.28 Å². The van der Waals surface area contributed by atoms with E-state index in [0.29, 0.717) is 11.7 Å². The molecule has 0 aliphatic heterocycles. The molecule has 0 aromatic carbocycles. The molecule has 0 N–H and O–H groups in total. The Hall–Kier alpha value is -0.960. The number of carbonyl (C=O) groups is 1. The van der Waals surface area contributed by atoms with Gasteiger partial charge in [0.1, 0.15) is 5.78 Å². The molecule has 0 saturated heterocycles. The Balaban J connectivity index is 0.000000192. The van der Waals surface area contributed by atoms with Gasteiger partial charge in [-0.3, -0.25) is 0 Å². The summed E-state index contributed by atoms with van der Waals surface area (Å²) in [5.74, 6) is 1.34. The number of halogens is 1. The molecule has 1 aromatic rings. The fourth-order valence-corrected chi connectivity index (χ4v) is 3.05. The molecule has 4 heteroatoms. The predicted octanol–water partition coefficient (Wildman–Crippen LogP) is 6.10. The van der Waals surface area contributed by atoms with E-state index >= 15 is 0 Å². The van der Waals surface area contributed by atoms with Crippen molar-refractivity contribution < 1.29 is 4.79 Å². The highest BCUT2D eigenvalue weighted by Gasteiger charge is 2.44. The Bertz CT molecular complexity index is 516. The molecule has 2 saturated carbocycles. The van der Waals surface area contributed by atoms with Crippen LogP contribution in [0.25, 0.3) is 0 Å². The third-order valence-electron chi connectivity index (χ3n) is 5.39. The summed E-state index contributed by atoms with van der Waals surface area (Å²) in [6, 6.07) is 0. The maximum atomic E-state index is 9.81. The standard InChI is InChI=1S/C10H18.C6H7ClN2.C4H8O/c1-2-9-3-5-10(6-4-9)7-8-10;1-4-3-8-6(7)9-5(4)2;1-3-4(2)5/h9H,2-8H2,1H3;3H,1-2H3;3H2,1-2H3. The van der Waals surface area contributed by atoms with Crippen molar-refractivity contribution in [3.8, 4) is 0 Å².